The van der Waals surface area contributed by atoms with E-state index in [4.69, 9.17) is 5.73 Å². The normalized spacial score (nSPS) is 14.2. The Hall–Kier alpha value is -0.990. The predicted octanol–water partition coefficient (Wildman–Crippen LogP) is 5.98. The van der Waals surface area contributed by atoms with Gasteiger partial charge in [-0.3, -0.25) is 9.69 Å². The zero-order valence-electron chi connectivity index (χ0n) is 16.9. The number of alkyl halides is 15. The molecular weight excluding hydrogens is 636 g/mol. The monoisotopic (exact) mass is 654 g/mol. The van der Waals surface area contributed by atoms with E-state index in [1.54, 1.807) is 0 Å². The average molecular weight is 654 g/mol. The highest BCUT2D eigenvalue weighted by Gasteiger charge is 2.93. The third kappa shape index (κ3) is 6.22. The first kappa shape index (κ1) is 37.6. The quantitative estimate of drug-likeness (QED) is 0.137. The number of nitrogens with two attached hydrogens (primary N) is 1. The van der Waals surface area contributed by atoms with Crippen LogP contribution in [0.15, 0.2) is 12.7 Å². The molecule has 0 amide bonds. The van der Waals surface area contributed by atoms with Crippen LogP contribution < -0.4 is 5.73 Å². The molecular formula is C15H18F15IN2O. The largest absolute Gasteiger partial charge is 0.460 e. The van der Waals surface area contributed by atoms with Gasteiger partial charge >= 0.3 is 41.7 Å². The maximum Gasteiger partial charge on any atom is 0.460 e. The van der Waals surface area contributed by atoms with Crippen molar-refractivity contribution in [3.05, 3.63) is 12.7 Å². The maximum absolute atomic E-state index is 13.0. The van der Waals surface area contributed by atoms with Gasteiger partial charge in [0.15, 0.2) is 0 Å². The lowest BCUT2D eigenvalue weighted by atomic mass is 9.90. The number of allylic oxidation sites excluding steroid dienone is 1. The minimum atomic E-state index is -8.40. The number of ketones is 1. The van der Waals surface area contributed by atoms with Gasteiger partial charge in [0.25, 0.3) is 0 Å². The number of nitrogens with zero attached hydrogens (tertiary/aromatic N) is 1. The average Bonchev–Trinajstić information content (AvgIpc) is 2.67. The van der Waals surface area contributed by atoms with Crippen molar-refractivity contribution >= 4 is 29.8 Å². The van der Waals surface area contributed by atoms with Crippen LogP contribution in [-0.2, 0) is 4.79 Å². The highest BCUT2D eigenvalue weighted by molar-refractivity contribution is 14.0. The molecule has 34 heavy (non-hydrogen) atoms. The number of halogens is 16. The summed E-state index contributed by atoms with van der Waals surface area (Å²) in [6.07, 6.45) is -8.49. The lowest BCUT2D eigenvalue weighted by Gasteiger charge is -2.40. The fourth-order valence-electron chi connectivity index (χ4n) is 1.73. The van der Waals surface area contributed by atoms with Gasteiger partial charge < -0.3 is 5.73 Å². The molecule has 0 aromatic carbocycles. The predicted molar refractivity (Wildman–Crippen MR) is 98.3 cm³/mol. The molecule has 3 nitrogen and oxygen atoms in total. The second-order valence-electron chi connectivity index (χ2n) is 6.00. The van der Waals surface area contributed by atoms with E-state index in [9.17, 15) is 70.7 Å². The van der Waals surface area contributed by atoms with Gasteiger partial charge in [0.1, 0.15) is 0 Å². The van der Waals surface area contributed by atoms with Crippen LogP contribution in [0.4, 0.5) is 65.9 Å². The summed E-state index contributed by atoms with van der Waals surface area (Å²) in [5, 5.41) is 0. The fraction of sp³-hybridized carbons (Fsp3) is 0.800. The van der Waals surface area contributed by atoms with Crippen LogP contribution in [0.25, 0.3) is 0 Å². The van der Waals surface area contributed by atoms with Crippen molar-refractivity contribution in [1.82, 2.24) is 4.90 Å². The number of rotatable bonds is 10. The Morgan fingerprint density at radius 2 is 1.00 bits per heavy atom. The fourth-order valence-corrected chi connectivity index (χ4v) is 1.73. The highest BCUT2D eigenvalue weighted by Crippen LogP contribution is 2.62. The molecule has 0 saturated heterocycles. The first-order valence-electron chi connectivity index (χ1n) is 8.26. The second-order valence-corrected chi connectivity index (χ2v) is 6.00. The van der Waals surface area contributed by atoms with E-state index in [1.807, 2.05) is 0 Å². The van der Waals surface area contributed by atoms with Crippen LogP contribution in [0.2, 0.25) is 0 Å². The van der Waals surface area contributed by atoms with E-state index >= 15 is 0 Å². The molecule has 0 heterocycles. The second kappa shape index (κ2) is 11.8. The lowest BCUT2D eigenvalue weighted by Crippen LogP contribution is -2.73. The van der Waals surface area contributed by atoms with Crippen molar-refractivity contribution in [3.63, 3.8) is 0 Å². The number of hydrogen-bond donors (Lipinski definition) is 1. The van der Waals surface area contributed by atoms with Crippen molar-refractivity contribution in [2.45, 2.75) is 55.6 Å². The van der Waals surface area contributed by atoms with Crippen molar-refractivity contribution in [2.24, 2.45) is 5.73 Å². The third-order valence-electron chi connectivity index (χ3n) is 3.98. The van der Waals surface area contributed by atoms with Gasteiger partial charge in [-0.15, -0.1) is 24.0 Å². The minimum absolute atomic E-state index is 0. The van der Waals surface area contributed by atoms with Crippen molar-refractivity contribution in [1.29, 1.82) is 0 Å². The van der Waals surface area contributed by atoms with Crippen LogP contribution in [-0.4, -0.2) is 72.2 Å². The van der Waals surface area contributed by atoms with E-state index in [2.05, 4.69) is 25.3 Å². The molecule has 0 aromatic heterocycles. The van der Waals surface area contributed by atoms with Gasteiger partial charge in [0.2, 0.25) is 5.78 Å². The Balaban J connectivity index is -0.00000104. The molecule has 2 N–H and O–H groups in total. The molecule has 0 unspecified atom stereocenters. The minimum Gasteiger partial charge on any atom is -0.318 e. The number of carbonyl (C=O) groups excluding carboxylic acids is 1. The molecule has 0 aliphatic rings. The molecule has 0 saturated carbocycles. The molecule has 19 heteroatoms. The molecule has 0 bridgehead atoms. The number of carbonyl (C=O) groups is 1. The summed E-state index contributed by atoms with van der Waals surface area (Å²) in [6.45, 7) is 9.12. The maximum atomic E-state index is 13.0. The van der Waals surface area contributed by atoms with Crippen LogP contribution >= 0.6 is 24.0 Å². The Morgan fingerprint density at radius 1 is 0.706 bits per heavy atom. The molecule has 0 spiro atoms. The van der Waals surface area contributed by atoms with E-state index in [1.165, 1.54) is 0 Å². The molecule has 0 aromatic rings. The molecule has 0 radical (unpaired) electrons. The molecule has 0 atom stereocenters. The van der Waals surface area contributed by atoms with Crippen molar-refractivity contribution in [3.8, 4) is 0 Å². The van der Waals surface area contributed by atoms with E-state index in [-0.39, 0.29) is 24.0 Å². The molecule has 206 valence electrons. The Kier molecular flexibility index (Phi) is 13.1. The first-order chi connectivity index (χ1) is 14.3. The van der Waals surface area contributed by atoms with Gasteiger partial charge in [0.05, 0.1) is 0 Å². The third-order valence-corrected chi connectivity index (χ3v) is 3.98. The van der Waals surface area contributed by atoms with Crippen LogP contribution in [0.3, 0.4) is 0 Å². The Morgan fingerprint density at radius 3 is 1.21 bits per heavy atom. The molecule has 0 rings (SSSR count). The Labute approximate surface area is 199 Å². The summed E-state index contributed by atoms with van der Waals surface area (Å²) in [7, 11) is 0. The van der Waals surface area contributed by atoms with E-state index in [0.29, 0.717) is 6.67 Å². The smallest absolute Gasteiger partial charge is 0.318 e. The van der Waals surface area contributed by atoms with E-state index in [0.717, 1.165) is 13.1 Å². The zero-order valence-corrected chi connectivity index (χ0v) is 19.2. The summed E-state index contributed by atoms with van der Waals surface area (Å²) in [5.41, 5.74) is 5.32. The van der Waals surface area contributed by atoms with Gasteiger partial charge in [0, 0.05) is 6.67 Å². The van der Waals surface area contributed by atoms with Gasteiger partial charge in [-0.05, 0) is 19.2 Å². The lowest BCUT2D eigenvalue weighted by molar-refractivity contribution is -0.449. The highest BCUT2D eigenvalue weighted by atomic mass is 127. The van der Waals surface area contributed by atoms with Crippen LogP contribution in [0, 0.1) is 0 Å². The van der Waals surface area contributed by atoms with Gasteiger partial charge in [-0.1, -0.05) is 20.4 Å². The van der Waals surface area contributed by atoms with Crippen molar-refractivity contribution < 1.29 is 70.7 Å². The zero-order chi connectivity index (χ0) is 27.5. The Bertz CT molecular complexity index is 670. The first-order valence-corrected chi connectivity index (χ1v) is 8.26. The van der Waals surface area contributed by atoms with E-state index < -0.39 is 53.6 Å². The van der Waals surface area contributed by atoms with Gasteiger partial charge in [-0.2, -0.15) is 65.9 Å². The summed E-state index contributed by atoms with van der Waals surface area (Å²) >= 11 is 0. The number of hydrogen-bond acceptors (Lipinski definition) is 3. The van der Waals surface area contributed by atoms with Crippen LogP contribution in [0.5, 0.6) is 0 Å². The summed E-state index contributed by atoms with van der Waals surface area (Å²) in [6, 6.07) is 0. The SMILES string of the molecule is C=CC(=O)C(F)(F)C(F)(F)C(F)(F)C(F)(F)C(F)(F)C(F)(F)C(F)(F)F.CCN(CC)CN.I. The van der Waals surface area contributed by atoms with Gasteiger partial charge in [-0.25, -0.2) is 0 Å². The summed E-state index contributed by atoms with van der Waals surface area (Å²) in [5.74, 6) is -51.2. The topological polar surface area (TPSA) is 46.3 Å². The molecule has 0 aliphatic carbocycles. The van der Waals surface area contributed by atoms with Crippen LogP contribution in [0.1, 0.15) is 13.8 Å². The summed E-state index contributed by atoms with van der Waals surface area (Å²) < 4.78 is 190. The van der Waals surface area contributed by atoms with Crippen molar-refractivity contribution in [2.75, 3.05) is 19.8 Å². The molecule has 0 aliphatic heterocycles. The summed E-state index contributed by atoms with van der Waals surface area (Å²) in [4.78, 5) is 12.6. The molecule has 0 fully saturated rings. The standard InChI is InChI=1S/C10H3F15O.C5H14N2.HI/c1-2-3(26)4(11,12)5(13,14)6(15,16)7(17,18)8(19,20)9(21,22)10(23,24)25;1-3-7(4-2)5-6;/h2H,1H2;3-6H2,1-2H3;1H.